The lowest BCUT2D eigenvalue weighted by molar-refractivity contribution is 0.164. The van der Waals surface area contributed by atoms with Crippen LogP contribution in [0.3, 0.4) is 0 Å². The third-order valence-electron chi connectivity index (χ3n) is 2.33. The fraction of sp³-hybridized carbons (Fsp3) is 0.467. The van der Waals surface area contributed by atoms with Gasteiger partial charge < -0.3 is 4.43 Å². The van der Waals surface area contributed by atoms with E-state index in [-0.39, 0.29) is 0 Å². The van der Waals surface area contributed by atoms with Crippen molar-refractivity contribution in [3.05, 3.63) is 34.3 Å². The summed E-state index contributed by atoms with van der Waals surface area (Å²) in [6, 6.07) is 5.79. The van der Waals surface area contributed by atoms with Crippen LogP contribution in [-0.4, -0.2) is 13.9 Å². The fourth-order valence-corrected chi connectivity index (χ4v) is 3.51. The van der Waals surface area contributed by atoms with Crippen LogP contribution in [0.2, 0.25) is 24.7 Å². The average Bonchev–Trinajstić information content (AvgIpc) is 2.17. The molecule has 1 aromatic carbocycles. The minimum absolute atomic E-state index is 0.417. The highest BCUT2D eigenvalue weighted by Crippen LogP contribution is 2.19. The van der Waals surface area contributed by atoms with Gasteiger partial charge in [-0.05, 0) is 58.1 Å². The van der Waals surface area contributed by atoms with Gasteiger partial charge in [-0.25, -0.2) is 0 Å². The Morgan fingerprint density at radius 1 is 1.22 bits per heavy atom. The number of benzene rings is 1. The van der Waals surface area contributed by atoms with Gasteiger partial charge in [-0.15, -0.1) is 0 Å². The fourth-order valence-electron chi connectivity index (χ4n) is 1.75. The highest BCUT2D eigenvalue weighted by atomic mass is 35.5. The molecule has 0 bridgehead atoms. The lowest BCUT2D eigenvalue weighted by atomic mass is 10.1. The molecule has 3 heteroatoms. The standard InChI is InChI=1S/C15H21ClOSi/c1-12-13(8-7-9-14(12)16)10-11-15(2,3)17-18(4,5)6/h7-9H,1-6H3. The first kappa shape index (κ1) is 15.3. The van der Waals surface area contributed by atoms with Crippen LogP contribution in [0, 0.1) is 18.8 Å². The summed E-state index contributed by atoms with van der Waals surface area (Å²) in [6.45, 7) is 12.5. The molecule has 0 radical (unpaired) electrons. The Bertz CT molecular complexity index is 489. The Morgan fingerprint density at radius 3 is 2.39 bits per heavy atom. The summed E-state index contributed by atoms with van der Waals surface area (Å²) in [4.78, 5) is 0. The van der Waals surface area contributed by atoms with Crippen molar-refractivity contribution in [2.45, 2.75) is 46.0 Å². The van der Waals surface area contributed by atoms with E-state index in [0.717, 1.165) is 16.1 Å². The van der Waals surface area contributed by atoms with Crippen LogP contribution in [0.1, 0.15) is 25.0 Å². The molecule has 18 heavy (non-hydrogen) atoms. The maximum atomic E-state index is 6.08. The third kappa shape index (κ3) is 4.86. The monoisotopic (exact) mass is 280 g/mol. The molecule has 0 aromatic heterocycles. The van der Waals surface area contributed by atoms with Crippen LogP contribution in [-0.2, 0) is 4.43 Å². The smallest absolute Gasteiger partial charge is 0.185 e. The Morgan fingerprint density at radius 2 is 1.83 bits per heavy atom. The molecule has 98 valence electrons. The Labute approximate surface area is 117 Å². The molecule has 1 aromatic rings. The molecule has 0 aliphatic carbocycles. The Balaban J connectivity index is 2.97. The first-order valence-electron chi connectivity index (χ1n) is 6.09. The number of hydrogen-bond acceptors (Lipinski definition) is 1. The number of rotatable bonds is 2. The topological polar surface area (TPSA) is 9.23 Å². The third-order valence-corrected chi connectivity index (χ3v) is 3.86. The summed E-state index contributed by atoms with van der Waals surface area (Å²) in [5.74, 6) is 6.38. The second-order valence-corrected chi connectivity index (χ2v) is 10.7. The van der Waals surface area contributed by atoms with E-state index in [1.165, 1.54) is 0 Å². The van der Waals surface area contributed by atoms with Crippen LogP contribution in [0.15, 0.2) is 18.2 Å². The first-order chi connectivity index (χ1) is 8.11. The van der Waals surface area contributed by atoms with E-state index in [9.17, 15) is 0 Å². The van der Waals surface area contributed by atoms with Crippen molar-refractivity contribution in [1.82, 2.24) is 0 Å². The van der Waals surface area contributed by atoms with Gasteiger partial charge >= 0.3 is 0 Å². The number of hydrogen-bond donors (Lipinski definition) is 0. The molecule has 1 rings (SSSR count). The van der Waals surface area contributed by atoms with E-state index < -0.39 is 13.9 Å². The molecular formula is C15H21ClOSi. The van der Waals surface area contributed by atoms with Crippen molar-refractivity contribution in [2.24, 2.45) is 0 Å². The Kier molecular flexibility index (Phi) is 4.66. The van der Waals surface area contributed by atoms with Gasteiger partial charge in [0, 0.05) is 10.6 Å². The summed E-state index contributed by atoms with van der Waals surface area (Å²) in [5, 5.41) is 0.755. The van der Waals surface area contributed by atoms with Crippen molar-refractivity contribution in [3.63, 3.8) is 0 Å². The van der Waals surface area contributed by atoms with Crippen molar-refractivity contribution in [3.8, 4) is 11.8 Å². The van der Waals surface area contributed by atoms with Crippen LogP contribution < -0.4 is 0 Å². The van der Waals surface area contributed by atoms with Gasteiger partial charge in [-0.1, -0.05) is 29.5 Å². The zero-order chi connectivity index (χ0) is 14.0. The summed E-state index contributed by atoms with van der Waals surface area (Å²) in [7, 11) is -1.58. The summed E-state index contributed by atoms with van der Waals surface area (Å²) < 4.78 is 6.05. The normalized spacial score (nSPS) is 11.9. The van der Waals surface area contributed by atoms with Crippen molar-refractivity contribution < 1.29 is 4.43 Å². The van der Waals surface area contributed by atoms with Crippen molar-refractivity contribution in [1.29, 1.82) is 0 Å². The molecule has 1 nitrogen and oxygen atoms in total. The van der Waals surface area contributed by atoms with Crippen LogP contribution in [0.4, 0.5) is 0 Å². The molecule has 0 unspecified atom stereocenters. The van der Waals surface area contributed by atoms with Gasteiger partial charge in [0.2, 0.25) is 0 Å². The van der Waals surface area contributed by atoms with E-state index in [4.69, 9.17) is 16.0 Å². The van der Waals surface area contributed by atoms with Crippen molar-refractivity contribution >= 4 is 19.9 Å². The quantitative estimate of drug-likeness (QED) is 0.567. The predicted molar refractivity (Wildman–Crippen MR) is 81.6 cm³/mol. The summed E-state index contributed by atoms with van der Waals surface area (Å²) in [6.07, 6.45) is 0. The van der Waals surface area contributed by atoms with E-state index in [2.05, 4.69) is 31.5 Å². The van der Waals surface area contributed by atoms with E-state index >= 15 is 0 Å². The molecule has 0 saturated carbocycles. The van der Waals surface area contributed by atoms with Gasteiger partial charge in [0.1, 0.15) is 5.60 Å². The first-order valence-corrected chi connectivity index (χ1v) is 9.88. The summed E-state index contributed by atoms with van der Waals surface area (Å²) in [5.41, 5.74) is 1.57. The molecule has 0 heterocycles. The van der Waals surface area contributed by atoms with Gasteiger partial charge in [-0.3, -0.25) is 0 Å². The van der Waals surface area contributed by atoms with Crippen LogP contribution >= 0.6 is 11.6 Å². The largest absolute Gasteiger partial charge is 0.402 e. The molecule has 0 spiro atoms. The predicted octanol–water partition coefficient (Wildman–Crippen LogP) is 4.63. The van der Waals surface area contributed by atoms with Gasteiger partial charge in [0.05, 0.1) is 0 Å². The maximum absolute atomic E-state index is 6.08. The zero-order valence-corrected chi connectivity index (χ0v) is 13.8. The molecule has 0 atom stereocenters. The second-order valence-electron chi connectivity index (χ2n) is 5.89. The lowest BCUT2D eigenvalue weighted by Crippen LogP contribution is -2.37. The van der Waals surface area contributed by atoms with E-state index in [1.807, 2.05) is 39.0 Å². The molecular weight excluding hydrogens is 260 g/mol. The molecule has 0 saturated heterocycles. The van der Waals surface area contributed by atoms with E-state index in [0.29, 0.717) is 0 Å². The zero-order valence-electron chi connectivity index (χ0n) is 12.0. The molecule has 0 aliphatic heterocycles. The van der Waals surface area contributed by atoms with Gasteiger partial charge in [0.15, 0.2) is 8.32 Å². The van der Waals surface area contributed by atoms with Crippen LogP contribution in [0.5, 0.6) is 0 Å². The average molecular weight is 281 g/mol. The number of halogens is 1. The second kappa shape index (κ2) is 5.48. The minimum atomic E-state index is -1.58. The molecule has 0 N–H and O–H groups in total. The Hall–Kier alpha value is -0.753. The summed E-state index contributed by atoms with van der Waals surface area (Å²) >= 11 is 6.08. The highest BCUT2D eigenvalue weighted by Gasteiger charge is 2.25. The van der Waals surface area contributed by atoms with Crippen molar-refractivity contribution in [2.75, 3.05) is 0 Å². The molecule has 0 aliphatic rings. The highest BCUT2D eigenvalue weighted by molar-refractivity contribution is 6.69. The minimum Gasteiger partial charge on any atom is -0.402 e. The maximum Gasteiger partial charge on any atom is 0.185 e. The SMILES string of the molecule is Cc1c(Cl)cccc1C#CC(C)(C)O[Si](C)(C)C. The molecule has 0 amide bonds. The lowest BCUT2D eigenvalue weighted by Gasteiger charge is -2.28. The molecule has 0 fully saturated rings. The van der Waals surface area contributed by atoms with Gasteiger partial charge in [-0.2, -0.15) is 0 Å². The van der Waals surface area contributed by atoms with Crippen LogP contribution in [0.25, 0.3) is 0 Å². The van der Waals surface area contributed by atoms with E-state index in [1.54, 1.807) is 0 Å². The van der Waals surface area contributed by atoms with Gasteiger partial charge in [0.25, 0.3) is 0 Å².